The van der Waals surface area contributed by atoms with Crippen molar-refractivity contribution in [2.75, 3.05) is 0 Å². The third kappa shape index (κ3) is 3.95. The fourth-order valence-corrected chi connectivity index (χ4v) is 3.08. The van der Waals surface area contributed by atoms with Gasteiger partial charge in [-0.15, -0.1) is 11.8 Å². The topological polar surface area (TPSA) is 17.1 Å². The Bertz CT molecular complexity index is 536. The second kappa shape index (κ2) is 6.92. The van der Waals surface area contributed by atoms with Gasteiger partial charge in [-0.05, 0) is 30.7 Å². The van der Waals surface area contributed by atoms with Gasteiger partial charge in [-0.1, -0.05) is 53.2 Å². The molecule has 1 nitrogen and oxygen atoms in total. The van der Waals surface area contributed by atoms with Crippen molar-refractivity contribution in [3.63, 3.8) is 0 Å². The first-order valence-electron chi connectivity index (χ1n) is 6.22. The molecule has 0 bridgehead atoms. The van der Waals surface area contributed by atoms with Crippen LogP contribution in [0.5, 0.6) is 0 Å². The Morgan fingerprint density at radius 3 is 2.32 bits per heavy atom. The van der Waals surface area contributed by atoms with Crippen LogP contribution < -0.4 is 0 Å². The minimum Gasteiger partial charge on any atom is -0.293 e. The second-order valence-electron chi connectivity index (χ2n) is 4.20. The van der Waals surface area contributed by atoms with Crippen LogP contribution in [-0.4, -0.2) is 11.0 Å². The van der Waals surface area contributed by atoms with Gasteiger partial charge in [-0.3, -0.25) is 4.79 Å². The summed E-state index contributed by atoms with van der Waals surface area (Å²) in [6, 6.07) is 17.6. The maximum Gasteiger partial charge on any atom is 0.176 e. The lowest BCUT2D eigenvalue weighted by molar-refractivity contribution is 0.0988. The molecule has 0 aliphatic carbocycles. The van der Waals surface area contributed by atoms with E-state index < -0.39 is 0 Å². The summed E-state index contributed by atoms with van der Waals surface area (Å²) in [4.78, 5) is 13.5. The van der Waals surface area contributed by atoms with Gasteiger partial charge in [0.15, 0.2) is 5.78 Å². The zero-order chi connectivity index (χ0) is 13.7. The predicted molar refractivity (Wildman–Crippen MR) is 84.9 cm³/mol. The summed E-state index contributed by atoms with van der Waals surface area (Å²) < 4.78 is 1.05. The van der Waals surface area contributed by atoms with Gasteiger partial charge in [0.2, 0.25) is 0 Å². The predicted octanol–water partition coefficient (Wildman–Crippen LogP) is 5.20. The van der Waals surface area contributed by atoms with Crippen molar-refractivity contribution in [3.8, 4) is 0 Å². The third-order valence-electron chi connectivity index (χ3n) is 2.81. The SMILES string of the molecule is CCC(Sc1ccc(Br)cc1)C(=O)c1ccccc1. The van der Waals surface area contributed by atoms with Gasteiger partial charge < -0.3 is 0 Å². The lowest BCUT2D eigenvalue weighted by Crippen LogP contribution is -2.16. The molecular formula is C16H15BrOS. The normalized spacial score (nSPS) is 12.1. The Morgan fingerprint density at radius 1 is 1.11 bits per heavy atom. The molecular weight excluding hydrogens is 320 g/mol. The second-order valence-corrected chi connectivity index (χ2v) is 6.39. The molecule has 2 aromatic rings. The first-order valence-corrected chi connectivity index (χ1v) is 7.89. The van der Waals surface area contributed by atoms with E-state index in [4.69, 9.17) is 0 Å². The molecule has 19 heavy (non-hydrogen) atoms. The van der Waals surface area contributed by atoms with Crippen LogP contribution >= 0.6 is 27.7 Å². The van der Waals surface area contributed by atoms with Crippen LogP contribution in [-0.2, 0) is 0 Å². The van der Waals surface area contributed by atoms with Gasteiger partial charge in [-0.25, -0.2) is 0 Å². The number of Topliss-reactive ketones (excluding diaryl/α,β-unsaturated/α-hetero) is 1. The summed E-state index contributed by atoms with van der Waals surface area (Å²) in [7, 11) is 0. The smallest absolute Gasteiger partial charge is 0.176 e. The fraction of sp³-hybridized carbons (Fsp3) is 0.188. The molecule has 0 saturated heterocycles. The number of benzene rings is 2. The summed E-state index contributed by atoms with van der Waals surface area (Å²) in [5.74, 6) is 0.205. The lowest BCUT2D eigenvalue weighted by atomic mass is 10.1. The molecule has 0 amide bonds. The van der Waals surface area contributed by atoms with Gasteiger partial charge in [0.05, 0.1) is 5.25 Å². The van der Waals surface area contributed by atoms with Crippen molar-refractivity contribution in [2.45, 2.75) is 23.5 Å². The molecule has 0 aliphatic heterocycles. The van der Waals surface area contributed by atoms with Crippen LogP contribution in [0.2, 0.25) is 0 Å². The van der Waals surface area contributed by atoms with Crippen LogP contribution in [0.3, 0.4) is 0 Å². The molecule has 98 valence electrons. The molecule has 0 aliphatic rings. The molecule has 0 saturated carbocycles. The van der Waals surface area contributed by atoms with Gasteiger partial charge in [0.1, 0.15) is 0 Å². The van der Waals surface area contributed by atoms with Crippen LogP contribution in [0.1, 0.15) is 23.7 Å². The van der Waals surface area contributed by atoms with Crippen molar-refractivity contribution in [2.24, 2.45) is 0 Å². The highest BCUT2D eigenvalue weighted by Gasteiger charge is 2.19. The highest BCUT2D eigenvalue weighted by molar-refractivity contribution is 9.10. The Hall–Kier alpha value is -1.06. The Morgan fingerprint density at radius 2 is 1.74 bits per heavy atom. The van der Waals surface area contributed by atoms with E-state index in [1.165, 1.54) is 0 Å². The summed E-state index contributed by atoms with van der Waals surface area (Å²) in [6.07, 6.45) is 0.828. The van der Waals surface area contributed by atoms with Gasteiger partial charge in [0.25, 0.3) is 0 Å². The van der Waals surface area contributed by atoms with Crippen molar-refractivity contribution in [1.82, 2.24) is 0 Å². The van der Waals surface area contributed by atoms with Gasteiger partial charge in [0, 0.05) is 14.9 Å². The molecule has 2 rings (SSSR count). The summed E-state index contributed by atoms with van der Waals surface area (Å²) in [6.45, 7) is 2.05. The molecule has 0 heterocycles. The van der Waals surface area contributed by atoms with E-state index >= 15 is 0 Å². The zero-order valence-corrected chi connectivity index (χ0v) is 13.1. The van der Waals surface area contributed by atoms with Gasteiger partial charge in [-0.2, -0.15) is 0 Å². The van der Waals surface area contributed by atoms with E-state index in [0.29, 0.717) is 0 Å². The van der Waals surface area contributed by atoms with E-state index in [1.807, 2.05) is 54.6 Å². The number of ketones is 1. The van der Waals surface area contributed by atoms with E-state index in [2.05, 4.69) is 22.9 Å². The number of carbonyl (C=O) groups is 1. The maximum atomic E-state index is 12.4. The maximum absolute atomic E-state index is 12.4. The molecule has 0 radical (unpaired) electrons. The zero-order valence-electron chi connectivity index (χ0n) is 10.7. The van der Waals surface area contributed by atoms with Crippen molar-refractivity contribution < 1.29 is 4.79 Å². The highest BCUT2D eigenvalue weighted by Crippen LogP contribution is 2.28. The quantitative estimate of drug-likeness (QED) is 0.552. The van der Waals surface area contributed by atoms with Crippen molar-refractivity contribution in [1.29, 1.82) is 0 Å². The van der Waals surface area contributed by atoms with Gasteiger partial charge >= 0.3 is 0 Å². The van der Waals surface area contributed by atoms with Crippen LogP contribution in [0.4, 0.5) is 0 Å². The number of halogens is 1. The Kier molecular flexibility index (Phi) is 5.23. The molecule has 0 N–H and O–H groups in total. The summed E-state index contributed by atoms with van der Waals surface area (Å²) in [5, 5.41) is -0.0245. The van der Waals surface area contributed by atoms with E-state index in [0.717, 1.165) is 21.4 Å². The Balaban J connectivity index is 2.12. The summed E-state index contributed by atoms with van der Waals surface area (Å²) in [5.41, 5.74) is 0.791. The molecule has 2 aromatic carbocycles. The highest BCUT2D eigenvalue weighted by atomic mass is 79.9. The van der Waals surface area contributed by atoms with E-state index in [1.54, 1.807) is 11.8 Å². The number of rotatable bonds is 5. The van der Waals surface area contributed by atoms with Crippen LogP contribution in [0.15, 0.2) is 64.0 Å². The van der Waals surface area contributed by atoms with Crippen LogP contribution in [0.25, 0.3) is 0 Å². The first-order chi connectivity index (χ1) is 9.20. The average molecular weight is 335 g/mol. The molecule has 0 aromatic heterocycles. The third-order valence-corrected chi connectivity index (χ3v) is 4.72. The van der Waals surface area contributed by atoms with Crippen LogP contribution in [0, 0.1) is 0 Å². The van der Waals surface area contributed by atoms with E-state index in [-0.39, 0.29) is 11.0 Å². The number of hydrogen-bond donors (Lipinski definition) is 0. The average Bonchev–Trinajstić information content (AvgIpc) is 2.47. The fourth-order valence-electron chi connectivity index (χ4n) is 1.79. The molecule has 3 heteroatoms. The lowest BCUT2D eigenvalue weighted by Gasteiger charge is -2.13. The summed E-state index contributed by atoms with van der Waals surface area (Å²) >= 11 is 5.05. The molecule has 1 unspecified atom stereocenters. The monoisotopic (exact) mass is 334 g/mol. The largest absolute Gasteiger partial charge is 0.293 e. The first kappa shape index (κ1) is 14.4. The molecule has 0 fully saturated rings. The van der Waals surface area contributed by atoms with E-state index in [9.17, 15) is 4.79 Å². The number of thioether (sulfide) groups is 1. The van der Waals surface area contributed by atoms with Crippen molar-refractivity contribution in [3.05, 3.63) is 64.6 Å². The number of carbonyl (C=O) groups excluding carboxylic acids is 1. The molecule has 0 spiro atoms. The Labute approximate surface area is 126 Å². The minimum atomic E-state index is -0.0245. The number of hydrogen-bond acceptors (Lipinski definition) is 2. The van der Waals surface area contributed by atoms with Crippen molar-refractivity contribution >= 4 is 33.5 Å². The standard InChI is InChI=1S/C16H15BrOS/c1-2-15(16(18)12-6-4-3-5-7-12)19-14-10-8-13(17)9-11-14/h3-11,15H,2H2,1H3. The minimum absolute atomic E-state index is 0.0245. The molecule has 1 atom stereocenters.